The van der Waals surface area contributed by atoms with Gasteiger partial charge in [-0.1, -0.05) is 60.0 Å². The Morgan fingerprint density at radius 1 is 0.941 bits per heavy atom. The van der Waals surface area contributed by atoms with E-state index < -0.39 is 8.32 Å². The number of oxime groups is 1. The van der Waals surface area contributed by atoms with E-state index in [1.807, 2.05) is 0 Å². The molecule has 3 saturated carbocycles. The molecule has 0 bridgehead atoms. The molecular weight excluding hydrogens is 430 g/mol. The lowest BCUT2D eigenvalue weighted by molar-refractivity contribution is -0.0576. The lowest BCUT2D eigenvalue weighted by Crippen LogP contribution is -2.51. The fraction of sp³-hybridized carbons (Fsp3) is 0.903. The monoisotopic (exact) mass is 485 g/mol. The van der Waals surface area contributed by atoms with Crippen LogP contribution in [0.1, 0.15) is 106 Å². The van der Waals surface area contributed by atoms with Crippen molar-refractivity contribution >= 4 is 14.0 Å². The van der Waals surface area contributed by atoms with E-state index in [1.54, 1.807) is 5.57 Å². The summed E-state index contributed by atoms with van der Waals surface area (Å²) in [7, 11) is -1.61. The van der Waals surface area contributed by atoms with Crippen molar-refractivity contribution in [2.75, 3.05) is 0 Å². The molecule has 0 aromatic carbocycles. The summed E-state index contributed by atoms with van der Waals surface area (Å²) in [4.78, 5) is 0. The zero-order valence-electron chi connectivity index (χ0n) is 24.0. The molecule has 0 heterocycles. The maximum Gasteiger partial charge on any atom is 0.278 e. The molecule has 4 aliphatic rings. The van der Waals surface area contributed by atoms with Gasteiger partial charge < -0.3 is 4.53 Å². The average molecular weight is 486 g/mol. The number of nitrogens with zero attached hydrogens (tertiary/aromatic N) is 1. The highest BCUT2D eigenvalue weighted by molar-refractivity contribution is 6.69. The quantitative estimate of drug-likeness (QED) is 0.260. The van der Waals surface area contributed by atoms with Crippen LogP contribution in [0.5, 0.6) is 0 Å². The van der Waals surface area contributed by atoms with Gasteiger partial charge in [0.05, 0.1) is 5.71 Å². The smallest absolute Gasteiger partial charge is 0.278 e. The van der Waals surface area contributed by atoms with Crippen LogP contribution in [-0.4, -0.2) is 14.0 Å². The zero-order valence-corrected chi connectivity index (χ0v) is 25.0. The molecule has 194 valence electrons. The predicted octanol–water partition coefficient (Wildman–Crippen LogP) is 9.48. The first-order valence-electron chi connectivity index (χ1n) is 14.8. The Balaban J connectivity index is 1.46. The lowest BCUT2D eigenvalue weighted by atomic mass is 9.46. The van der Waals surface area contributed by atoms with Crippen molar-refractivity contribution in [1.29, 1.82) is 0 Å². The Labute approximate surface area is 212 Å². The van der Waals surface area contributed by atoms with Crippen LogP contribution in [0.15, 0.2) is 16.8 Å². The summed E-state index contributed by atoms with van der Waals surface area (Å²) in [5.74, 6) is 6.33. The van der Waals surface area contributed by atoms with Crippen molar-refractivity contribution < 1.29 is 4.53 Å². The second-order valence-corrected chi connectivity index (χ2v) is 19.2. The topological polar surface area (TPSA) is 21.6 Å². The minimum Gasteiger partial charge on any atom is -0.455 e. The molecule has 0 aromatic heterocycles. The first-order chi connectivity index (χ1) is 15.8. The van der Waals surface area contributed by atoms with Crippen LogP contribution in [0.25, 0.3) is 0 Å². The van der Waals surface area contributed by atoms with E-state index in [1.165, 1.54) is 63.5 Å². The second kappa shape index (κ2) is 9.71. The fourth-order valence-electron chi connectivity index (χ4n) is 8.87. The van der Waals surface area contributed by atoms with Gasteiger partial charge in [0, 0.05) is 0 Å². The van der Waals surface area contributed by atoms with Gasteiger partial charge in [-0.15, -0.1) is 5.16 Å². The van der Waals surface area contributed by atoms with Crippen LogP contribution in [0.2, 0.25) is 19.6 Å². The molecule has 8 unspecified atom stereocenters. The van der Waals surface area contributed by atoms with Crippen LogP contribution < -0.4 is 0 Å². The van der Waals surface area contributed by atoms with Gasteiger partial charge in [-0.05, 0) is 129 Å². The van der Waals surface area contributed by atoms with Crippen molar-refractivity contribution in [1.82, 2.24) is 0 Å². The summed E-state index contributed by atoms with van der Waals surface area (Å²) >= 11 is 0. The Morgan fingerprint density at radius 2 is 1.68 bits per heavy atom. The third-order valence-electron chi connectivity index (χ3n) is 11.4. The summed E-state index contributed by atoms with van der Waals surface area (Å²) < 4.78 is 5.92. The number of fused-ring (bicyclic) bond motifs is 5. The summed E-state index contributed by atoms with van der Waals surface area (Å²) in [6, 6.07) is 0. The van der Waals surface area contributed by atoms with E-state index in [0.717, 1.165) is 47.8 Å². The SMILES string of the molecule is CC(C)C(C)CCC(C)C1CCC2C3CCC4=CC(=NO[Si](C)(C)C)CCC4(C)C3CCC12C. The molecule has 0 spiro atoms. The standard InChI is InChI=1S/C31H55NOSi/c1-21(2)22(3)10-11-23(4)27-14-15-28-26-13-12-24-20-25(32-33-34(7,8)9)16-18-30(24,5)29(26)17-19-31(27,28)6/h20-23,26-29H,10-19H2,1-9H3. The predicted molar refractivity (Wildman–Crippen MR) is 149 cm³/mol. The molecule has 4 rings (SSSR count). The van der Waals surface area contributed by atoms with Crippen molar-refractivity contribution in [2.45, 2.75) is 125 Å². The van der Waals surface area contributed by atoms with E-state index in [9.17, 15) is 0 Å². The minimum atomic E-state index is -1.61. The Hall–Kier alpha value is -0.573. The van der Waals surface area contributed by atoms with Crippen molar-refractivity contribution in [2.24, 2.45) is 57.4 Å². The molecule has 0 aliphatic heterocycles. The highest BCUT2D eigenvalue weighted by Crippen LogP contribution is 2.67. The van der Waals surface area contributed by atoms with Crippen molar-refractivity contribution in [3.05, 3.63) is 11.6 Å². The molecule has 3 heteroatoms. The molecule has 2 nitrogen and oxygen atoms in total. The third-order valence-corrected chi connectivity index (χ3v) is 12.0. The molecule has 3 fully saturated rings. The fourth-order valence-corrected chi connectivity index (χ4v) is 9.27. The van der Waals surface area contributed by atoms with Crippen molar-refractivity contribution in [3.8, 4) is 0 Å². The summed E-state index contributed by atoms with van der Waals surface area (Å²) in [6.07, 6.45) is 16.3. The van der Waals surface area contributed by atoms with Crippen LogP contribution in [-0.2, 0) is 4.53 Å². The second-order valence-electron chi connectivity index (χ2n) is 14.8. The first-order valence-corrected chi connectivity index (χ1v) is 18.2. The van der Waals surface area contributed by atoms with E-state index in [2.05, 4.69) is 72.4 Å². The van der Waals surface area contributed by atoms with Crippen LogP contribution >= 0.6 is 0 Å². The average Bonchev–Trinajstić information content (AvgIpc) is 3.12. The molecule has 0 aromatic rings. The maximum atomic E-state index is 5.92. The molecule has 0 N–H and O–H groups in total. The van der Waals surface area contributed by atoms with E-state index in [-0.39, 0.29) is 0 Å². The molecule has 4 aliphatic carbocycles. The van der Waals surface area contributed by atoms with Crippen LogP contribution in [0.4, 0.5) is 0 Å². The molecule has 0 radical (unpaired) electrons. The Bertz CT molecular complexity index is 794. The van der Waals surface area contributed by atoms with E-state index in [4.69, 9.17) is 4.53 Å². The minimum absolute atomic E-state index is 0.402. The van der Waals surface area contributed by atoms with Crippen LogP contribution in [0.3, 0.4) is 0 Å². The maximum absolute atomic E-state index is 5.92. The highest BCUT2D eigenvalue weighted by Gasteiger charge is 2.59. The van der Waals surface area contributed by atoms with Crippen molar-refractivity contribution in [3.63, 3.8) is 0 Å². The largest absolute Gasteiger partial charge is 0.455 e. The third kappa shape index (κ3) is 4.98. The molecule has 8 atom stereocenters. The van der Waals surface area contributed by atoms with Crippen LogP contribution in [0, 0.1) is 52.3 Å². The summed E-state index contributed by atoms with van der Waals surface area (Å²) in [5, 5.41) is 4.62. The lowest BCUT2D eigenvalue weighted by Gasteiger charge is -2.58. The highest BCUT2D eigenvalue weighted by atomic mass is 28.4. The summed E-state index contributed by atoms with van der Waals surface area (Å²) in [5.41, 5.74) is 3.90. The van der Waals surface area contributed by atoms with Gasteiger partial charge in [-0.2, -0.15) is 0 Å². The summed E-state index contributed by atoms with van der Waals surface area (Å²) in [6.45, 7) is 21.9. The van der Waals surface area contributed by atoms with Gasteiger partial charge in [-0.25, -0.2) is 0 Å². The van der Waals surface area contributed by atoms with Gasteiger partial charge in [-0.3, -0.25) is 0 Å². The number of hydrogen-bond acceptors (Lipinski definition) is 2. The van der Waals surface area contributed by atoms with Gasteiger partial charge in [0.1, 0.15) is 0 Å². The van der Waals surface area contributed by atoms with Gasteiger partial charge in [0.25, 0.3) is 8.32 Å². The molecule has 0 saturated heterocycles. The van der Waals surface area contributed by atoms with Gasteiger partial charge in [0.2, 0.25) is 0 Å². The molecule has 34 heavy (non-hydrogen) atoms. The zero-order chi connectivity index (χ0) is 24.9. The Morgan fingerprint density at radius 3 is 2.35 bits per heavy atom. The van der Waals surface area contributed by atoms with Gasteiger partial charge >= 0.3 is 0 Å². The Kier molecular flexibility index (Phi) is 7.57. The first kappa shape index (κ1) is 26.5. The normalized spacial score (nSPS) is 40.9. The molecule has 0 amide bonds. The van der Waals surface area contributed by atoms with Gasteiger partial charge in [0.15, 0.2) is 0 Å². The number of allylic oxidation sites excluding steroid dienone is 2. The van der Waals surface area contributed by atoms with E-state index in [0.29, 0.717) is 10.8 Å². The van der Waals surface area contributed by atoms with E-state index >= 15 is 0 Å². The number of hydrogen-bond donors (Lipinski definition) is 0. The number of rotatable bonds is 7. The molecular formula is C31H55NOSi.